The Hall–Kier alpha value is -0.580. The molecule has 0 saturated carbocycles. The lowest BCUT2D eigenvalue weighted by Gasteiger charge is -1.80. The molecular formula is C7H9IN2. The summed E-state index contributed by atoms with van der Waals surface area (Å²) in [5.41, 5.74) is 4.39. The molecule has 2 nitrogen and oxygen atoms in total. The summed E-state index contributed by atoms with van der Waals surface area (Å²) in [4.78, 5) is 0. The summed E-state index contributed by atoms with van der Waals surface area (Å²) in [6.45, 7) is 0. The standard InChI is InChI=1S/C6H5I.CH4N2/c7-6-4-2-1-3-5-6;2-1-3/h1-5H;1H,(H3,2,3). The minimum Gasteiger partial charge on any atom is -0.390 e. The van der Waals surface area contributed by atoms with Gasteiger partial charge in [-0.3, -0.25) is 5.41 Å². The van der Waals surface area contributed by atoms with Crippen molar-refractivity contribution in [1.29, 1.82) is 5.41 Å². The molecule has 0 unspecified atom stereocenters. The van der Waals surface area contributed by atoms with E-state index in [1.165, 1.54) is 3.57 Å². The van der Waals surface area contributed by atoms with E-state index in [2.05, 4.69) is 40.5 Å². The molecule has 0 amide bonds. The number of hydrogen-bond acceptors (Lipinski definition) is 1. The van der Waals surface area contributed by atoms with Gasteiger partial charge in [0.05, 0.1) is 6.34 Å². The highest BCUT2D eigenvalue weighted by atomic mass is 127. The van der Waals surface area contributed by atoms with Crippen LogP contribution in [0.4, 0.5) is 0 Å². The number of halogens is 1. The average Bonchev–Trinajstić information content (AvgIpc) is 1.91. The molecule has 54 valence electrons. The van der Waals surface area contributed by atoms with E-state index in [4.69, 9.17) is 5.41 Å². The molecular weight excluding hydrogens is 239 g/mol. The summed E-state index contributed by atoms with van der Waals surface area (Å²) in [5, 5.41) is 5.86. The van der Waals surface area contributed by atoms with Gasteiger partial charge in [0.2, 0.25) is 0 Å². The molecule has 10 heavy (non-hydrogen) atoms. The lowest BCUT2D eigenvalue weighted by Crippen LogP contribution is -1.81. The fourth-order valence-electron chi connectivity index (χ4n) is 0.415. The number of nitrogens with two attached hydrogens (primary N) is 1. The molecule has 1 aromatic carbocycles. The van der Waals surface area contributed by atoms with Crippen molar-refractivity contribution >= 4 is 28.9 Å². The first-order valence-electron chi connectivity index (χ1n) is 2.72. The first kappa shape index (κ1) is 9.42. The largest absolute Gasteiger partial charge is 0.390 e. The Morgan fingerprint density at radius 3 is 1.90 bits per heavy atom. The van der Waals surface area contributed by atoms with E-state index in [-0.39, 0.29) is 0 Å². The molecule has 0 saturated heterocycles. The summed E-state index contributed by atoms with van der Waals surface area (Å²) in [6.07, 6.45) is 0.750. The van der Waals surface area contributed by atoms with Crippen molar-refractivity contribution in [2.75, 3.05) is 0 Å². The molecule has 1 rings (SSSR count). The normalized spacial score (nSPS) is 7.30. The summed E-state index contributed by atoms with van der Waals surface area (Å²) < 4.78 is 1.29. The van der Waals surface area contributed by atoms with Crippen LogP contribution in [0.5, 0.6) is 0 Å². The average molecular weight is 248 g/mol. The van der Waals surface area contributed by atoms with Crippen molar-refractivity contribution in [2.45, 2.75) is 0 Å². The van der Waals surface area contributed by atoms with Crippen molar-refractivity contribution in [3.63, 3.8) is 0 Å². The fraction of sp³-hybridized carbons (Fsp3) is 0. The number of rotatable bonds is 0. The maximum Gasteiger partial charge on any atom is 0.0765 e. The first-order valence-corrected chi connectivity index (χ1v) is 3.80. The second kappa shape index (κ2) is 6.54. The molecule has 0 aliphatic carbocycles. The molecule has 0 aromatic heterocycles. The van der Waals surface area contributed by atoms with Crippen LogP contribution in [0.15, 0.2) is 30.3 Å². The third-order valence-electron chi connectivity index (χ3n) is 0.733. The van der Waals surface area contributed by atoms with Gasteiger partial charge in [-0.1, -0.05) is 18.2 Å². The van der Waals surface area contributed by atoms with E-state index in [0.29, 0.717) is 0 Å². The molecule has 1 aromatic rings. The van der Waals surface area contributed by atoms with Gasteiger partial charge in [0.1, 0.15) is 0 Å². The van der Waals surface area contributed by atoms with E-state index in [1.807, 2.05) is 18.2 Å². The second-order valence-electron chi connectivity index (χ2n) is 1.46. The van der Waals surface area contributed by atoms with E-state index in [0.717, 1.165) is 6.34 Å². The van der Waals surface area contributed by atoms with Crippen molar-refractivity contribution in [1.82, 2.24) is 0 Å². The zero-order valence-corrected chi connectivity index (χ0v) is 7.58. The minimum atomic E-state index is 0.750. The van der Waals surface area contributed by atoms with Crippen LogP contribution in [0, 0.1) is 8.98 Å². The molecule has 0 heterocycles. The van der Waals surface area contributed by atoms with Gasteiger partial charge in [0.25, 0.3) is 0 Å². The molecule has 0 atom stereocenters. The molecule has 0 radical (unpaired) electrons. The Bertz CT molecular complexity index is 174. The highest BCUT2D eigenvalue weighted by Gasteiger charge is 1.74. The van der Waals surface area contributed by atoms with Gasteiger partial charge in [-0.15, -0.1) is 0 Å². The number of benzene rings is 1. The minimum absolute atomic E-state index is 0.750. The van der Waals surface area contributed by atoms with Crippen LogP contribution in [0.1, 0.15) is 0 Å². The summed E-state index contributed by atoms with van der Waals surface area (Å²) >= 11 is 2.28. The summed E-state index contributed by atoms with van der Waals surface area (Å²) in [6, 6.07) is 10.2. The van der Waals surface area contributed by atoms with Gasteiger partial charge in [-0.25, -0.2) is 0 Å². The van der Waals surface area contributed by atoms with Gasteiger partial charge in [-0.05, 0) is 34.7 Å². The zero-order chi connectivity index (χ0) is 7.82. The maximum atomic E-state index is 5.86. The summed E-state index contributed by atoms with van der Waals surface area (Å²) in [7, 11) is 0. The zero-order valence-electron chi connectivity index (χ0n) is 5.42. The van der Waals surface area contributed by atoms with Crippen LogP contribution in [-0.4, -0.2) is 6.34 Å². The van der Waals surface area contributed by atoms with Crippen molar-refractivity contribution in [3.8, 4) is 0 Å². The predicted molar refractivity (Wildman–Crippen MR) is 52.1 cm³/mol. The third kappa shape index (κ3) is 5.55. The molecule has 0 bridgehead atoms. The Labute approximate surface area is 74.1 Å². The van der Waals surface area contributed by atoms with E-state index in [9.17, 15) is 0 Å². The van der Waals surface area contributed by atoms with Crippen molar-refractivity contribution < 1.29 is 0 Å². The van der Waals surface area contributed by atoms with Gasteiger partial charge in [0, 0.05) is 3.57 Å². The first-order chi connectivity index (χ1) is 4.81. The van der Waals surface area contributed by atoms with Gasteiger partial charge in [0.15, 0.2) is 0 Å². The van der Waals surface area contributed by atoms with Crippen molar-refractivity contribution in [2.24, 2.45) is 5.73 Å². The topological polar surface area (TPSA) is 49.9 Å². The highest BCUT2D eigenvalue weighted by Crippen LogP contribution is 1.99. The van der Waals surface area contributed by atoms with Gasteiger partial charge in [-0.2, -0.15) is 0 Å². The predicted octanol–water partition coefficient (Wildman–Crippen LogP) is 1.84. The molecule has 0 aliphatic heterocycles. The Morgan fingerprint density at radius 2 is 1.70 bits per heavy atom. The Balaban J connectivity index is 0.000000236. The monoisotopic (exact) mass is 248 g/mol. The molecule has 0 aliphatic rings. The Morgan fingerprint density at radius 1 is 1.30 bits per heavy atom. The second-order valence-corrected chi connectivity index (χ2v) is 2.71. The Kier molecular flexibility index (Phi) is 6.16. The maximum absolute atomic E-state index is 5.86. The summed E-state index contributed by atoms with van der Waals surface area (Å²) in [5.74, 6) is 0. The van der Waals surface area contributed by atoms with Crippen LogP contribution < -0.4 is 5.73 Å². The van der Waals surface area contributed by atoms with Gasteiger partial charge < -0.3 is 5.73 Å². The molecule has 0 fully saturated rings. The number of hydrogen-bond donors (Lipinski definition) is 2. The quantitative estimate of drug-likeness (QED) is 0.411. The lowest BCUT2D eigenvalue weighted by atomic mass is 10.4. The third-order valence-corrected chi connectivity index (χ3v) is 1.45. The van der Waals surface area contributed by atoms with E-state index < -0.39 is 0 Å². The van der Waals surface area contributed by atoms with Crippen LogP contribution in [0.25, 0.3) is 0 Å². The smallest absolute Gasteiger partial charge is 0.0765 e. The van der Waals surface area contributed by atoms with Crippen LogP contribution in [0.2, 0.25) is 0 Å². The van der Waals surface area contributed by atoms with Crippen LogP contribution >= 0.6 is 22.6 Å². The van der Waals surface area contributed by atoms with Gasteiger partial charge >= 0.3 is 0 Å². The fourth-order valence-corrected chi connectivity index (χ4v) is 0.830. The van der Waals surface area contributed by atoms with Crippen molar-refractivity contribution in [3.05, 3.63) is 33.9 Å². The SMILES string of the molecule is Ic1ccccc1.N=CN. The number of nitrogens with one attached hydrogen (secondary N) is 1. The molecule has 0 spiro atoms. The van der Waals surface area contributed by atoms with E-state index >= 15 is 0 Å². The van der Waals surface area contributed by atoms with E-state index in [1.54, 1.807) is 0 Å². The molecule has 3 heteroatoms. The molecule has 3 N–H and O–H groups in total. The van der Waals surface area contributed by atoms with Crippen LogP contribution in [-0.2, 0) is 0 Å². The van der Waals surface area contributed by atoms with Crippen LogP contribution in [0.3, 0.4) is 0 Å². The lowest BCUT2D eigenvalue weighted by molar-refractivity contribution is 1.52. The highest BCUT2D eigenvalue weighted by molar-refractivity contribution is 14.1.